The summed E-state index contributed by atoms with van der Waals surface area (Å²) in [6.45, 7) is 8.82. The molecule has 1 aromatic carbocycles. The molecule has 1 aromatic rings. The Morgan fingerprint density at radius 1 is 1.18 bits per heavy atom. The summed E-state index contributed by atoms with van der Waals surface area (Å²) in [6.07, 6.45) is -0.449. The van der Waals surface area contributed by atoms with E-state index in [-0.39, 0.29) is 11.3 Å². The zero-order valence-electron chi connectivity index (χ0n) is 16.9. The third-order valence-corrected chi connectivity index (χ3v) is 6.55. The second-order valence-electron chi connectivity index (χ2n) is 8.42. The lowest BCUT2D eigenvalue weighted by atomic mass is 10.1. The highest BCUT2D eigenvalue weighted by Crippen LogP contribution is 2.43. The molecule has 2 atom stereocenters. The first-order valence-corrected chi connectivity index (χ1v) is 11.1. The van der Waals surface area contributed by atoms with E-state index < -0.39 is 17.7 Å². The molecule has 2 heterocycles. The number of benzene rings is 1. The molecule has 6 nitrogen and oxygen atoms in total. The molecule has 0 bridgehead atoms. The van der Waals surface area contributed by atoms with Crippen molar-refractivity contribution in [3.8, 4) is 0 Å². The minimum Gasteiger partial charge on any atom is -0.444 e. The Bertz CT molecular complexity index is 714. The number of hydrogen-bond acceptors (Lipinski definition) is 4. The van der Waals surface area contributed by atoms with Crippen LogP contribution in [-0.4, -0.2) is 72.4 Å². The molecule has 154 valence electrons. The van der Waals surface area contributed by atoms with Crippen LogP contribution in [0.15, 0.2) is 24.3 Å². The number of rotatable bonds is 2. The van der Waals surface area contributed by atoms with Crippen molar-refractivity contribution in [3.05, 3.63) is 34.9 Å². The number of likely N-dealkylation sites (N-methyl/N-ethyl adjacent to an activating group) is 1. The highest BCUT2D eigenvalue weighted by atomic mass is 35.5. The maximum Gasteiger partial charge on any atom is 0.412 e. The van der Waals surface area contributed by atoms with Gasteiger partial charge in [0, 0.05) is 10.8 Å². The lowest BCUT2D eigenvalue weighted by molar-refractivity contribution is -0.883. The van der Waals surface area contributed by atoms with E-state index in [1.54, 1.807) is 16.7 Å². The molecular weight excluding hydrogens is 398 g/mol. The van der Waals surface area contributed by atoms with Crippen molar-refractivity contribution >= 4 is 35.4 Å². The maximum absolute atomic E-state index is 13.3. The first-order chi connectivity index (χ1) is 13.2. The molecule has 3 rings (SSSR count). The molecule has 0 unspecified atom stereocenters. The number of nitrogens with zero attached hydrogens (tertiary/aromatic N) is 2. The van der Waals surface area contributed by atoms with Gasteiger partial charge in [0.05, 0.1) is 33.2 Å². The number of quaternary nitrogens is 1. The molecule has 28 heavy (non-hydrogen) atoms. The Kier molecular flexibility index (Phi) is 6.47. The van der Waals surface area contributed by atoms with E-state index in [0.717, 1.165) is 31.7 Å². The van der Waals surface area contributed by atoms with Crippen molar-refractivity contribution in [2.45, 2.75) is 37.8 Å². The summed E-state index contributed by atoms with van der Waals surface area (Å²) in [7, 11) is 2.14. The molecule has 2 aliphatic rings. The SMILES string of the molecule is C[NH+]1CCN(C(=O)[C@@H]2CS[C@@H](c3ccc(Cl)cc3)N2C(=O)OC(C)(C)C)CC1. The second-order valence-corrected chi connectivity index (χ2v) is 9.97. The third-order valence-electron chi connectivity index (χ3n) is 4.97. The molecule has 0 aromatic heterocycles. The number of ether oxygens (including phenoxy) is 1. The lowest BCUT2D eigenvalue weighted by Crippen LogP contribution is -3.12. The van der Waals surface area contributed by atoms with Gasteiger partial charge in [-0.3, -0.25) is 9.69 Å². The predicted octanol–water partition coefficient (Wildman–Crippen LogP) is 2.05. The summed E-state index contributed by atoms with van der Waals surface area (Å²) in [4.78, 5) is 31.2. The zero-order valence-corrected chi connectivity index (χ0v) is 18.5. The standard InChI is InChI=1S/C20H28ClN3O3S/c1-20(2,3)27-19(26)24-16(17(25)23-11-9-22(4)10-12-23)13-28-18(24)14-5-7-15(21)8-6-14/h5-8,16,18H,9-13H2,1-4H3/p+1/t16-,18-/m0/s1. The monoisotopic (exact) mass is 426 g/mol. The number of carbonyl (C=O) groups is 2. The number of carbonyl (C=O) groups excluding carboxylic acids is 2. The van der Waals surface area contributed by atoms with E-state index >= 15 is 0 Å². The average molecular weight is 427 g/mol. The molecule has 2 fully saturated rings. The van der Waals surface area contributed by atoms with Crippen molar-refractivity contribution in [3.63, 3.8) is 0 Å². The molecule has 0 radical (unpaired) electrons. The fraction of sp³-hybridized carbons (Fsp3) is 0.600. The van der Waals surface area contributed by atoms with Crippen LogP contribution in [0.2, 0.25) is 5.02 Å². The van der Waals surface area contributed by atoms with Crippen LogP contribution in [0.3, 0.4) is 0 Å². The van der Waals surface area contributed by atoms with E-state index in [4.69, 9.17) is 16.3 Å². The van der Waals surface area contributed by atoms with Gasteiger partial charge >= 0.3 is 6.09 Å². The minimum absolute atomic E-state index is 0.0160. The van der Waals surface area contributed by atoms with Crippen molar-refractivity contribution in [2.75, 3.05) is 39.0 Å². The molecule has 2 amide bonds. The Labute approximate surface area is 176 Å². The van der Waals surface area contributed by atoms with Gasteiger partial charge in [0.15, 0.2) is 0 Å². The summed E-state index contributed by atoms with van der Waals surface area (Å²) in [6, 6.07) is 6.91. The van der Waals surface area contributed by atoms with E-state index in [1.807, 2.05) is 49.9 Å². The topological polar surface area (TPSA) is 54.3 Å². The van der Waals surface area contributed by atoms with Gasteiger partial charge in [-0.25, -0.2) is 4.79 Å². The lowest BCUT2D eigenvalue weighted by Gasteiger charge is -2.36. The predicted molar refractivity (Wildman–Crippen MR) is 112 cm³/mol. The fourth-order valence-corrected chi connectivity index (χ4v) is 4.97. The van der Waals surface area contributed by atoms with Gasteiger partial charge in [-0.05, 0) is 38.5 Å². The summed E-state index contributed by atoms with van der Waals surface area (Å²) < 4.78 is 5.65. The fourth-order valence-electron chi connectivity index (χ4n) is 3.44. The smallest absolute Gasteiger partial charge is 0.412 e. The van der Waals surface area contributed by atoms with Crippen LogP contribution in [0.25, 0.3) is 0 Å². The van der Waals surface area contributed by atoms with Gasteiger partial charge in [0.25, 0.3) is 0 Å². The molecule has 8 heteroatoms. The van der Waals surface area contributed by atoms with E-state index in [0.29, 0.717) is 10.8 Å². The van der Waals surface area contributed by atoms with Gasteiger partial charge in [0.1, 0.15) is 17.0 Å². The van der Waals surface area contributed by atoms with Crippen molar-refractivity contribution < 1.29 is 19.2 Å². The van der Waals surface area contributed by atoms with Crippen LogP contribution in [0.1, 0.15) is 31.7 Å². The minimum atomic E-state index is -0.625. The van der Waals surface area contributed by atoms with Crippen LogP contribution in [0, 0.1) is 0 Å². The maximum atomic E-state index is 13.3. The summed E-state index contributed by atoms with van der Waals surface area (Å²) in [5.41, 5.74) is 0.318. The molecule has 0 saturated carbocycles. The third kappa shape index (κ3) is 4.93. The molecular formula is C20H29ClN3O3S+. The Morgan fingerprint density at radius 3 is 2.36 bits per heavy atom. The number of piperazine rings is 1. The summed E-state index contributed by atoms with van der Waals surface area (Å²) in [5, 5.41) is 0.377. The highest BCUT2D eigenvalue weighted by molar-refractivity contribution is 7.99. The Balaban J connectivity index is 1.84. The van der Waals surface area contributed by atoms with Gasteiger partial charge in [-0.2, -0.15) is 0 Å². The molecule has 1 N–H and O–H groups in total. The van der Waals surface area contributed by atoms with Crippen molar-refractivity contribution in [1.82, 2.24) is 9.80 Å². The van der Waals surface area contributed by atoms with E-state index in [9.17, 15) is 9.59 Å². The average Bonchev–Trinajstić information content (AvgIpc) is 3.06. The van der Waals surface area contributed by atoms with Crippen molar-refractivity contribution in [2.24, 2.45) is 0 Å². The number of thioether (sulfide) groups is 1. The van der Waals surface area contributed by atoms with Crippen LogP contribution < -0.4 is 4.90 Å². The zero-order chi connectivity index (χ0) is 20.5. The van der Waals surface area contributed by atoms with Gasteiger partial charge in [-0.15, -0.1) is 11.8 Å². The summed E-state index contributed by atoms with van der Waals surface area (Å²) in [5.74, 6) is 0.576. The molecule has 0 aliphatic carbocycles. The van der Waals surface area contributed by atoms with Crippen LogP contribution >= 0.6 is 23.4 Å². The Hall–Kier alpha value is -1.44. The first kappa shape index (κ1) is 21.3. The largest absolute Gasteiger partial charge is 0.444 e. The van der Waals surface area contributed by atoms with Crippen molar-refractivity contribution in [1.29, 1.82) is 0 Å². The second kappa shape index (κ2) is 8.51. The molecule has 0 spiro atoms. The normalized spacial score (nSPS) is 23.8. The molecule has 2 aliphatic heterocycles. The van der Waals surface area contributed by atoms with E-state index in [2.05, 4.69) is 7.05 Å². The number of nitrogens with one attached hydrogen (secondary N) is 1. The van der Waals surface area contributed by atoms with E-state index in [1.165, 1.54) is 4.90 Å². The van der Waals surface area contributed by atoms with Crippen LogP contribution in [-0.2, 0) is 9.53 Å². The number of amides is 2. The molecule has 2 saturated heterocycles. The number of hydrogen-bond donors (Lipinski definition) is 1. The van der Waals surface area contributed by atoms with Crippen LogP contribution in [0.5, 0.6) is 0 Å². The van der Waals surface area contributed by atoms with Gasteiger partial charge < -0.3 is 14.5 Å². The van der Waals surface area contributed by atoms with Gasteiger partial charge in [-0.1, -0.05) is 23.7 Å². The summed E-state index contributed by atoms with van der Waals surface area (Å²) >= 11 is 7.62. The van der Waals surface area contributed by atoms with Crippen LogP contribution in [0.4, 0.5) is 4.79 Å². The highest BCUT2D eigenvalue weighted by Gasteiger charge is 2.46. The van der Waals surface area contributed by atoms with Gasteiger partial charge in [0.2, 0.25) is 5.91 Å². The number of halogens is 1. The quantitative estimate of drug-likeness (QED) is 0.786. The first-order valence-electron chi connectivity index (χ1n) is 9.64. The Morgan fingerprint density at radius 2 is 1.79 bits per heavy atom.